The average Bonchev–Trinajstić information content (AvgIpc) is 3.88. The van der Waals surface area contributed by atoms with Gasteiger partial charge in [0.1, 0.15) is 0 Å². The summed E-state index contributed by atoms with van der Waals surface area (Å²) < 4.78 is 4.91. The summed E-state index contributed by atoms with van der Waals surface area (Å²) in [7, 11) is 0. The number of para-hydroxylation sites is 6. The van der Waals surface area contributed by atoms with E-state index in [1.54, 1.807) is 0 Å². The van der Waals surface area contributed by atoms with Gasteiger partial charge in [0.25, 0.3) is 6.71 Å². The van der Waals surface area contributed by atoms with E-state index in [1.807, 2.05) is 0 Å². The van der Waals surface area contributed by atoms with E-state index in [-0.39, 0.29) is 6.71 Å². The highest BCUT2D eigenvalue weighted by atomic mass is 15.2. The van der Waals surface area contributed by atoms with Crippen LogP contribution in [0.1, 0.15) is 43.6 Å². The quantitative estimate of drug-likeness (QED) is 0.161. The Labute approximate surface area is 379 Å². The van der Waals surface area contributed by atoms with Crippen molar-refractivity contribution in [3.63, 3.8) is 0 Å². The van der Waals surface area contributed by atoms with Crippen molar-refractivity contribution < 1.29 is 0 Å². The van der Waals surface area contributed by atoms with Gasteiger partial charge in [-0.05, 0) is 138 Å². The highest BCUT2D eigenvalue weighted by Gasteiger charge is 2.44. The summed E-state index contributed by atoms with van der Waals surface area (Å²) in [4.78, 5) is 5.21. The first kappa shape index (κ1) is 36.7. The second-order valence-corrected chi connectivity index (χ2v) is 18.3. The van der Waals surface area contributed by atoms with Crippen LogP contribution in [0, 0.1) is 0 Å². The predicted octanol–water partition coefficient (Wildman–Crippen LogP) is 14.0. The number of aromatic nitrogens is 2. The van der Waals surface area contributed by atoms with Gasteiger partial charge in [-0.25, -0.2) is 0 Å². The summed E-state index contributed by atoms with van der Waals surface area (Å²) in [5.41, 5.74) is 20.1. The molecule has 9 aromatic carbocycles. The normalized spacial score (nSPS) is 14.6. The van der Waals surface area contributed by atoms with Gasteiger partial charge in [-0.15, -0.1) is 0 Å². The summed E-state index contributed by atoms with van der Waals surface area (Å²) >= 11 is 0. The Morgan fingerprint density at radius 3 is 1.52 bits per heavy atom. The van der Waals surface area contributed by atoms with Crippen LogP contribution in [-0.2, 0) is 0 Å². The molecule has 2 aliphatic heterocycles. The molecule has 65 heavy (non-hydrogen) atoms. The third-order valence-electron chi connectivity index (χ3n) is 14.8. The molecule has 14 rings (SSSR count). The lowest BCUT2D eigenvalue weighted by Gasteiger charge is -2.45. The summed E-state index contributed by atoms with van der Waals surface area (Å²) in [6, 6.07) is 77.4. The molecule has 5 heteroatoms. The zero-order valence-electron chi connectivity index (χ0n) is 36.1. The molecule has 2 aromatic heterocycles. The molecule has 4 heterocycles. The fourth-order valence-corrected chi connectivity index (χ4v) is 12.0. The maximum Gasteiger partial charge on any atom is 0.252 e. The van der Waals surface area contributed by atoms with Crippen LogP contribution in [0.3, 0.4) is 0 Å². The first-order valence-electron chi connectivity index (χ1n) is 23.4. The SMILES string of the molecule is c1ccc(N2c3ccccc3B3c4cc5c(cc4N(c4ccc6c(c4)c4ccccc4n6-c4ccccc4)c4cc(C6CCCCC6)cc2c43)c2ccccc2n5-c2ccccc2)cc1. The van der Waals surface area contributed by atoms with Gasteiger partial charge in [0.15, 0.2) is 0 Å². The number of hydrogen-bond acceptors (Lipinski definition) is 2. The molecule has 3 aliphatic rings. The number of nitrogens with zero attached hydrogens (tertiary/aromatic N) is 4. The summed E-state index contributed by atoms with van der Waals surface area (Å²) in [6.45, 7) is 0.0122. The second-order valence-electron chi connectivity index (χ2n) is 18.3. The Morgan fingerprint density at radius 2 is 0.862 bits per heavy atom. The van der Waals surface area contributed by atoms with Gasteiger partial charge in [0.2, 0.25) is 0 Å². The number of anilines is 6. The van der Waals surface area contributed by atoms with E-state index < -0.39 is 0 Å². The lowest BCUT2D eigenvalue weighted by atomic mass is 9.33. The van der Waals surface area contributed by atoms with Gasteiger partial charge in [-0.3, -0.25) is 0 Å². The number of rotatable bonds is 5. The fourth-order valence-electron chi connectivity index (χ4n) is 12.0. The first-order valence-corrected chi connectivity index (χ1v) is 23.4. The zero-order valence-corrected chi connectivity index (χ0v) is 36.1. The average molecular weight is 833 g/mol. The lowest BCUT2D eigenvalue weighted by Crippen LogP contribution is -2.61. The molecule has 0 amide bonds. The van der Waals surface area contributed by atoms with Gasteiger partial charge in [-0.1, -0.05) is 128 Å². The molecule has 1 aliphatic carbocycles. The molecule has 0 saturated heterocycles. The van der Waals surface area contributed by atoms with Crippen LogP contribution in [0.25, 0.3) is 55.0 Å². The second kappa shape index (κ2) is 14.4. The van der Waals surface area contributed by atoms with Gasteiger partial charge < -0.3 is 18.9 Å². The Kier molecular flexibility index (Phi) is 8.12. The van der Waals surface area contributed by atoms with E-state index in [0.29, 0.717) is 5.92 Å². The Balaban J connectivity index is 1.12. The number of hydrogen-bond donors (Lipinski definition) is 0. The number of benzene rings is 9. The zero-order chi connectivity index (χ0) is 42.6. The third kappa shape index (κ3) is 5.45. The van der Waals surface area contributed by atoms with Crippen LogP contribution < -0.4 is 26.2 Å². The Bertz CT molecular complexity index is 3660. The van der Waals surface area contributed by atoms with E-state index >= 15 is 0 Å². The maximum absolute atomic E-state index is 2.65. The largest absolute Gasteiger partial charge is 0.311 e. The smallest absolute Gasteiger partial charge is 0.252 e. The van der Waals surface area contributed by atoms with Crippen molar-refractivity contribution in [3.05, 3.63) is 212 Å². The molecule has 1 saturated carbocycles. The molecule has 1 fully saturated rings. The van der Waals surface area contributed by atoms with Crippen molar-refractivity contribution >= 4 is 101 Å². The predicted molar refractivity (Wildman–Crippen MR) is 275 cm³/mol. The molecule has 0 bridgehead atoms. The van der Waals surface area contributed by atoms with Crippen LogP contribution in [0.15, 0.2) is 206 Å². The Hall–Kier alpha value is -7.76. The van der Waals surface area contributed by atoms with Gasteiger partial charge in [0.05, 0.1) is 22.1 Å². The molecule has 0 spiro atoms. The topological polar surface area (TPSA) is 16.3 Å². The van der Waals surface area contributed by atoms with Gasteiger partial charge >= 0.3 is 0 Å². The standard InChI is InChI=1S/C60H45BN4/c1-5-19-40(20-6-1)41-35-58-60-59(36-41)65(45-33-34-54-48(37-45)46-27-13-16-30-52(46)62(54)42-21-7-2-8-22-42)57-38-49-47-28-14-17-31-53(47)63(43-23-9-3-10-24-43)56(49)39-51(57)61(60)50-29-15-18-32-55(50)64(58)44-25-11-4-12-26-44/h2-4,7-18,21-40H,1,5-6,19-20H2. The summed E-state index contributed by atoms with van der Waals surface area (Å²) in [5, 5.41) is 5.03. The third-order valence-corrected chi connectivity index (χ3v) is 14.8. The summed E-state index contributed by atoms with van der Waals surface area (Å²) in [6.07, 6.45) is 6.34. The first-order chi connectivity index (χ1) is 32.3. The fraction of sp³-hybridized carbons (Fsp3) is 0.100. The van der Waals surface area contributed by atoms with E-state index in [4.69, 9.17) is 0 Å². The molecule has 0 atom stereocenters. The van der Waals surface area contributed by atoms with E-state index in [0.717, 1.165) is 0 Å². The minimum absolute atomic E-state index is 0.0122. The van der Waals surface area contributed by atoms with E-state index in [2.05, 4.69) is 225 Å². The molecule has 0 unspecified atom stereocenters. The molecular formula is C60H45BN4. The van der Waals surface area contributed by atoms with Crippen LogP contribution in [-0.4, -0.2) is 15.8 Å². The van der Waals surface area contributed by atoms with Crippen LogP contribution in [0.5, 0.6) is 0 Å². The van der Waals surface area contributed by atoms with Crippen molar-refractivity contribution in [2.75, 3.05) is 9.80 Å². The molecule has 0 radical (unpaired) electrons. The van der Waals surface area contributed by atoms with Crippen molar-refractivity contribution in [2.45, 2.75) is 38.0 Å². The number of fused-ring (bicyclic) bond motifs is 10. The maximum atomic E-state index is 2.65. The van der Waals surface area contributed by atoms with E-state index in [1.165, 1.54) is 143 Å². The summed E-state index contributed by atoms with van der Waals surface area (Å²) in [5.74, 6) is 0.513. The van der Waals surface area contributed by atoms with Crippen LogP contribution in [0.4, 0.5) is 34.1 Å². The van der Waals surface area contributed by atoms with Crippen LogP contribution >= 0.6 is 0 Å². The van der Waals surface area contributed by atoms with Gasteiger partial charge in [-0.2, -0.15) is 0 Å². The molecule has 308 valence electrons. The van der Waals surface area contributed by atoms with Crippen molar-refractivity contribution in [2.24, 2.45) is 0 Å². The Morgan fingerprint density at radius 1 is 0.338 bits per heavy atom. The van der Waals surface area contributed by atoms with Gasteiger partial charge in [0, 0.05) is 67.0 Å². The highest BCUT2D eigenvalue weighted by Crippen LogP contribution is 2.49. The minimum Gasteiger partial charge on any atom is -0.311 e. The highest BCUT2D eigenvalue weighted by molar-refractivity contribution is 7.00. The molecular weight excluding hydrogens is 787 g/mol. The molecule has 4 nitrogen and oxygen atoms in total. The van der Waals surface area contributed by atoms with E-state index in [9.17, 15) is 0 Å². The monoisotopic (exact) mass is 832 g/mol. The lowest BCUT2D eigenvalue weighted by molar-refractivity contribution is 0.444. The van der Waals surface area contributed by atoms with Crippen molar-refractivity contribution in [3.8, 4) is 11.4 Å². The molecule has 0 N–H and O–H groups in total. The minimum atomic E-state index is 0.0122. The van der Waals surface area contributed by atoms with Crippen molar-refractivity contribution in [1.82, 2.24) is 9.13 Å². The molecule has 11 aromatic rings. The van der Waals surface area contributed by atoms with Crippen molar-refractivity contribution in [1.29, 1.82) is 0 Å². The van der Waals surface area contributed by atoms with Crippen LogP contribution in [0.2, 0.25) is 0 Å².